The van der Waals surface area contributed by atoms with Gasteiger partial charge in [-0.05, 0) is 12.1 Å². The van der Waals surface area contributed by atoms with E-state index < -0.39 is 23.7 Å². The van der Waals surface area contributed by atoms with Crippen LogP contribution in [0.4, 0.5) is 26.3 Å². The molecule has 0 fully saturated rings. The van der Waals surface area contributed by atoms with E-state index in [-0.39, 0.29) is 17.0 Å². The number of alkyl halides is 6. The fourth-order valence-corrected chi connectivity index (χ4v) is 1.68. The van der Waals surface area contributed by atoms with Gasteiger partial charge in [-0.15, -0.1) is 0 Å². The molecule has 0 saturated heterocycles. The first-order valence-electron chi connectivity index (χ1n) is 5.79. The molecule has 2 aromatic rings. The largest absolute Gasteiger partial charge is 0.493 e. The fourth-order valence-electron chi connectivity index (χ4n) is 1.68. The van der Waals surface area contributed by atoms with E-state index >= 15 is 0 Å². The minimum absolute atomic E-state index is 0.0535. The molecule has 0 spiro atoms. The third kappa shape index (κ3) is 3.29. The number of nitrogens with zero attached hydrogens (tertiary/aromatic N) is 2. The highest BCUT2D eigenvalue weighted by Crippen LogP contribution is 2.34. The molecule has 0 unspecified atom stereocenters. The lowest BCUT2D eigenvalue weighted by atomic mass is 10.1. The average Bonchev–Trinajstić information content (AvgIpc) is 2.45. The first-order chi connectivity index (χ1) is 10.1. The molecule has 3 nitrogen and oxygen atoms in total. The molecule has 0 radical (unpaired) electrons. The standard InChI is InChI=1S/C13H8F6N2O/c1-22-9-6-20-11(13(17,18)19)21-10(9)7-2-4-8(5-3-7)12(14,15)16/h2-6H,1H3. The number of rotatable bonds is 2. The normalized spacial score (nSPS) is 12.3. The van der Waals surface area contributed by atoms with E-state index in [4.69, 9.17) is 4.74 Å². The maximum absolute atomic E-state index is 12.6. The number of ether oxygens (including phenoxy) is 1. The van der Waals surface area contributed by atoms with Crippen LogP contribution in [0, 0.1) is 0 Å². The Labute approximate surface area is 120 Å². The van der Waals surface area contributed by atoms with Crippen molar-refractivity contribution in [3.8, 4) is 17.0 Å². The van der Waals surface area contributed by atoms with Gasteiger partial charge in [0.2, 0.25) is 5.82 Å². The molecular formula is C13H8F6N2O. The van der Waals surface area contributed by atoms with Crippen LogP contribution in [0.2, 0.25) is 0 Å². The van der Waals surface area contributed by atoms with E-state index in [2.05, 4.69) is 9.97 Å². The minimum atomic E-state index is -4.77. The van der Waals surface area contributed by atoms with Gasteiger partial charge in [-0.3, -0.25) is 0 Å². The zero-order valence-electron chi connectivity index (χ0n) is 11.0. The summed E-state index contributed by atoms with van der Waals surface area (Å²) in [5.74, 6) is -1.48. The molecule has 0 atom stereocenters. The van der Waals surface area contributed by atoms with E-state index in [9.17, 15) is 26.3 Å². The molecule has 22 heavy (non-hydrogen) atoms. The van der Waals surface area contributed by atoms with Crippen LogP contribution < -0.4 is 4.74 Å². The number of methoxy groups -OCH3 is 1. The highest BCUT2D eigenvalue weighted by Gasteiger charge is 2.35. The maximum atomic E-state index is 12.6. The minimum Gasteiger partial charge on any atom is -0.493 e. The second-order valence-corrected chi connectivity index (χ2v) is 4.18. The molecule has 2 rings (SSSR count). The summed E-state index contributed by atoms with van der Waals surface area (Å²) in [5, 5.41) is 0. The van der Waals surface area contributed by atoms with Crippen molar-refractivity contribution in [2.45, 2.75) is 12.4 Å². The van der Waals surface area contributed by atoms with Gasteiger partial charge in [-0.1, -0.05) is 12.1 Å². The molecule has 9 heteroatoms. The Morgan fingerprint density at radius 3 is 1.95 bits per heavy atom. The lowest BCUT2D eigenvalue weighted by Crippen LogP contribution is -2.12. The van der Waals surface area contributed by atoms with Crippen LogP contribution >= 0.6 is 0 Å². The number of benzene rings is 1. The molecule has 0 amide bonds. The summed E-state index contributed by atoms with van der Waals surface area (Å²) >= 11 is 0. The second-order valence-electron chi connectivity index (χ2n) is 4.18. The average molecular weight is 322 g/mol. The van der Waals surface area contributed by atoms with Gasteiger partial charge in [0.05, 0.1) is 18.9 Å². The molecule has 0 aliphatic rings. The van der Waals surface area contributed by atoms with Crippen LogP contribution in [0.1, 0.15) is 11.4 Å². The van der Waals surface area contributed by atoms with Gasteiger partial charge in [0.15, 0.2) is 5.75 Å². The predicted molar refractivity (Wildman–Crippen MR) is 64.0 cm³/mol. The van der Waals surface area contributed by atoms with E-state index in [1.807, 2.05) is 0 Å². The third-order valence-corrected chi connectivity index (χ3v) is 2.71. The number of aromatic nitrogens is 2. The fraction of sp³-hybridized carbons (Fsp3) is 0.231. The van der Waals surface area contributed by atoms with E-state index in [1.54, 1.807) is 0 Å². The number of hydrogen-bond acceptors (Lipinski definition) is 3. The molecule has 0 N–H and O–H groups in total. The summed E-state index contributed by atoms with van der Waals surface area (Å²) in [6.45, 7) is 0. The lowest BCUT2D eigenvalue weighted by Gasteiger charge is -2.12. The van der Waals surface area contributed by atoms with Crippen LogP contribution in [0.3, 0.4) is 0 Å². The molecule has 1 aromatic carbocycles. The Balaban J connectivity index is 2.51. The Morgan fingerprint density at radius 1 is 0.909 bits per heavy atom. The van der Waals surface area contributed by atoms with Crippen LogP contribution in [0.15, 0.2) is 30.5 Å². The quantitative estimate of drug-likeness (QED) is 0.778. The van der Waals surface area contributed by atoms with Crippen LogP contribution in [0.5, 0.6) is 5.75 Å². The highest BCUT2D eigenvalue weighted by atomic mass is 19.4. The summed E-state index contributed by atoms with van der Waals surface area (Å²) < 4.78 is 80.2. The van der Waals surface area contributed by atoms with Crippen molar-refractivity contribution in [1.82, 2.24) is 9.97 Å². The monoisotopic (exact) mass is 322 g/mol. The zero-order chi connectivity index (χ0) is 16.5. The van der Waals surface area contributed by atoms with Crippen molar-refractivity contribution >= 4 is 0 Å². The Bertz CT molecular complexity index is 664. The molecule has 0 aliphatic heterocycles. The molecule has 1 aromatic heterocycles. The van der Waals surface area contributed by atoms with Crippen molar-refractivity contribution in [2.24, 2.45) is 0 Å². The first kappa shape index (κ1) is 16.1. The topological polar surface area (TPSA) is 35.0 Å². The molecule has 1 heterocycles. The van der Waals surface area contributed by atoms with Crippen LogP contribution in [0.25, 0.3) is 11.3 Å². The van der Waals surface area contributed by atoms with E-state index in [0.717, 1.165) is 30.5 Å². The molecular weight excluding hydrogens is 314 g/mol. The van der Waals surface area contributed by atoms with E-state index in [0.29, 0.717) is 0 Å². The molecule has 118 valence electrons. The summed E-state index contributed by atoms with van der Waals surface area (Å²) in [4.78, 5) is 6.46. The van der Waals surface area contributed by atoms with Crippen LogP contribution in [-0.2, 0) is 12.4 Å². The Kier molecular flexibility index (Phi) is 3.99. The maximum Gasteiger partial charge on any atom is 0.451 e. The van der Waals surface area contributed by atoms with Crippen LogP contribution in [-0.4, -0.2) is 17.1 Å². The van der Waals surface area contributed by atoms with Crippen molar-refractivity contribution in [3.05, 3.63) is 41.9 Å². The summed E-state index contributed by atoms with van der Waals surface area (Å²) in [7, 11) is 1.19. The Hall–Kier alpha value is -2.32. The van der Waals surface area contributed by atoms with Crippen molar-refractivity contribution in [3.63, 3.8) is 0 Å². The van der Waals surface area contributed by atoms with Gasteiger partial charge >= 0.3 is 12.4 Å². The summed E-state index contributed by atoms with van der Waals surface area (Å²) in [6, 6.07) is 3.55. The SMILES string of the molecule is COc1cnc(C(F)(F)F)nc1-c1ccc(C(F)(F)F)cc1. The van der Waals surface area contributed by atoms with Gasteiger partial charge in [-0.2, -0.15) is 26.3 Å². The second kappa shape index (κ2) is 5.47. The van der Waals surface area contributed by atoms with Gasteiger partial charge in [0.25, 0.3) is 0 Å². The van der Waals surface area contributed by atoms with Gasteiger partial charge in [0.1, 0.15) is 5.69 Å². The van der Waals surface area contributed by atoms with Crippen molar-refractivity contribution < 1.29 is 31.1 Å². The third-order valence-electron chi connectivity index (χ3n) is 2.71. The lowest BCUT2D eigenvalue weighted by molar-refractivity contribution is -0.145. The van der Waals surface area contributed by atoms with Crippen molar-refractivity contribution in [1.29, 1.82) is 0 Å². The summed E-state index contributed by atoms with van der Waals surface area (Å²) in [6.07, 6.45) is -8.48. The zero-order valence-corrected chi connectivity index (χ0v) is 11.0. The van der Waals surface area contributed by atoms with E-state index in [1.165, 1.54) is 7.11 Å². The van der Waals surface area contributed by atoms with Gasteiger partial charge in [0, 0.05) is 5.56 Å². The predicted octanol–water partition coefficient (Wildman–Crippen LogP) is 4.19. The van der Waals surface area contributed by atoms with Gasteiger partial charge in [-0.25, -0.2) is 9.97 Å². The molecule has 0 saturated carbocycles. The molecule has 0 aliphatic carbocycles. The molecule has 0 bridgehead atoms. The highest BCUT2D eigenvalue weighted by molar-refractivity contribution is 5.66. The number of hydrogen-bond donors (Lipinski definition) is 0. The Morgan fingerprint density at radius 2 is 1.50 bits per heavy atom. The van der Waals surface area contributed by atoms with Crippen molar-refractivity contribution in [2.75, 3.05) is 7.11 Å². The number of halogens is 6. The smallest absolute Gasteiger partial charge is 0.451 e. The first-order valence-corrected chi connectivity index (χ1v) is 5.79. The summed E-state index contributed by atoms with van der Waals surface area (Å²) in [5.41, 5.74) is -1.10. The van der Waals surface area contributed by atoms with Gasteiger partial charge < -0.3 is 4.74 Å².